The smallest absolute Gasteiger partial charge is 0.0645 e. The van der Waals surface area contributed by atoms with Gasteiger partial charge in [0.25, 0.3) is 0 Å². The molecule has 2 heteroatoms. The highest BCUT2D eigenvalue weighted by Crippen LogP contribution is 2.41. The van der Waals surface area contributed by atoms with Gasteiger partial charge in [-0.3, -0.25) is 0 Å². The molecule has 2 aromatic heterocycles. The first-order chi connectivity index (χ1) is 23.1. The zero-order chi connectivity index (χ0) is 31.6. The molecule has 2 nitrogen and oxygen atoms in total. The van der Waals surface area contributed by atoms with Gasteiger partial charge in [0.05, 0.1) is 26.2 Å². The van der Waals surface area contributed by atoms with Crippen LogP contribution in [0.5, 0.6) is 0 Å². The number of hydrogen-bond donors (Lipinski definition) is 0. The van der Waals surface area contributed by atoms with E-state index in [9.17, 15) is 4.11 Å². The molecular formula is C42H28N2. The van der Waals surface area contributed by atoms with Crippen molar-refractivity contribution in [3.05, 3.63) is 170 Å². The number of benzene rings is 7. The summed E-state index contributed by atoms with van der Waals surface area (Å²) in [4.78, 5) is 0. The molecule has 2 heterocycles. The van der Waals surface area contributed by atoms with E-state index < -0.39 is 0 Å². The van der Waals surface area contributed by atoms with Crippen molar-refractivity contribution in [3.8, 4) is 33.6 Å². The van der Waals surface area contributed by atoms with Crippen LogP contribution in [0.1, 0.15) is 4.11 Å². The molecular weight excluding hydrogens is 532 g/mol. The van der Waals surface area contributed by atoms with E-state index in [2.05, 4.69) is 83.4 Å². The van der Waals surface area contributed by atoms with Gasteiger partial charge in [-0.05, 0) is 82.9 Å². The number of hydrogen-bond acceptors (Lipinski definition) is 0. The Labute approximate surface area is 259 Å². The van der Waals surface area contributed by atoms with Crippen molar-refractivity contribution in [2.45, 2.75) is 0 Å². The lowest BCUT2D eigenvalue weighted by Crippen LogP contribution is -1.93. The van der Waals surface area contributed by atoms with E-state index in [-0.39, 0.29) is 18.1 Å². The Kier molecular flexibility index (Phi) is 4.88. The summed E-state index contributed by atoms with van der Waals surface area (Å²) in [6, 6.07) is 51.8. The summed E-state index contributed by atoms with van der Waals surface area (Å²) in [5, 5.41) is 3.75. The highest BCUT2D eigenvalue weighted by Gasteiger charge is 2.18. The third kappa shape index (κ3) is 3.75. The molecule has 0 aliphatic heterocycles. The van der Waals surface area contributed by atoms with E-state index in [1.54, 1.807) is 0 Å². The molecule has 0 spiro atoms. The Morgan fingerprint density at radius 2 is 1.00 bits per heavy atom. The maximum absolute atomic E-state index is 9.64. The Hall–Kier alpha value is -5.86. The lowest BCUT2D eigenvalue weighted by atomic mass is 9.97. The molecule has 0 atom stereocenters. The predicted octanol–water partition coefficient (Wildman–Crippen LogP) is 11.2. The zero-order valence-electron chi connectivity index (χ0n) is 26.8. The van der Waals surface area contributed by atoms with Gasteiger partial charge in [0, 0.05) is 32.9 Å². The average Bonchev–Trinajstić information content (AvgIpc) is 3.65. The molecule has 9 rings (SSSR count). The van der Waals surface area contributed by atoms with Gasteiger partial charge >= 0.3 is 0 Å². The SMILES string of the molecule is [2H]c1c(-c2ccc3c(c2)c2c(-c4ccccc4)cccc2n3-c2ccccc2)c([2H])c2c3ccccc3n(-c3ccccc3)c2c1[2H]. The summed E-state index contributed by atoms with van der Waals surface area (Å²) in [6.45, 7) is 0. The van der Waals surface area contributed by atoms with Crippen molar-refractivity contribution in [1.29, 1.82) is 0 Å². The van der Waals surface area contributed by atoms with Crippen LogP contribution < -0.4 is 0 Å². The quantitative estimate of drug-likeness (QED) is 0.202. The number of fused-ring (bicyclic) bond motifs is 6. The fraction of sp³-hybridized carbons (Fsp3) is 0. The highest BCUT2D eigenvalue weighted by atomic mass is 15.0. The van der Waals surface area contributed by atoms with Crippen molar-refractivity contribution in [2.75, 3.05) is 0 Å². The van der Waals surface area contributed by atoms with E-state index in [1.165, 1.54) is 0 Å². The van der Waals surface area contributed by atoms with Crippen LogP contribution in [0, 0.1) is 0 Å². The lowest BCUT2D eigenvalue weighted by Gasteiger charge is -2.09. The molecule has 0 bridgehead atoms. The summed E-state index contributed by atoms with van der Waals surface area (Å²) >= 11 is 0. The Balaban J connectivity index is 1.38. The summed E-state index contributed by atoms with van der Waals surface area (Å²) in [6.07, 6.45) is 0. The second-order valence-corrected chi connectivity index (χ2v) is 11.1. The van der Waals surface area contributed by atoms with Gasteiger partial charge in [0.15, 0.2) is 0 Å². The van der Waals surface area contributed by atoms with Gasteiger partial charge in [-0.1, -0.05) is 109 Å². The minimum Gasteiger partial charge on any atom is -0.309 e. The van der Waals surface area contributed by atoms with Crippen molar-refractivity contribution in [3.63, 3.8) is 0 Å². The molecule has 0 saturated carbocycles. The maximum Gasteiger partial charge on any atom is 0.0645 e. The van der Waals surface area contributed by atoms with Crippen LogP contribution in [0.3, 0.4) is 0 Å². The normalized spacial score (nSPS) is 12.6. The molecule has 0 unspecified atom stereocenters. The van der Waals surface area contributed by atoms with Crippen molar-refractivity contribution >= 4 is 43.6 Å². The highest BCUT2D eigenvalue weighted by molar-refractivity contribution is 6.17. The standard InChI is InChI=1S/C42H28N2/c1-4-13-29(14-5-1)34-20-12-22-41-42(34)37-28-31(24-26-40(37)44(41)33-17-8-3-9-18-33)30-23-25-39-36(27-30)35-19-10-11-21-38(35)43(39)32-15-6-2-7-16-32/h1-28H/i23D,25D,27D. The number of rotatable bonds is 4. The molecule has 206 valence electrons. The molecule has 7 aromatic carbocycles. The Morgan fingerprint density at radius 1 is 0.386 bits per heavy atom. The van der Waals surface area contributed by atoms with Crippen LogP contribution in [0.4, 0.5) is 0 Å². The molecule has 0 N–H and O–H groups in total. The third-order valence-electron chi connectivity index (χ3n) is 8.62. The van der Waals surface area contributed by atoms with Gasteiger partial charge in [-0.2, -0.15) is 0 Å². The van der Waals surface area contributed by atoms with Gasteiger partial charge in [0.1, 0.15) is 0 Å². The van der Waals surface area contributed by atoms with E-state index in [1.807, 2.05) is 77.4 Å². The minimum absolute atomic E-state index is 0.0527. The van der Waals surface area contributed by atoms with E-state index in [0.717, 1.165) is 60.8 Å². The van der Waals surface area contributed by atoms with E-state index in [0.29, 0.717) is 16.5 Å². The number of para-hydroxylation sites is 3. The van der Waals surface area contributed by atoms with Crippen LogP contribution in [0.15, 0.2) is 170 Å². The number of aromatic nitrogens is 2. The summed E-state index contributed by atoms with van der Waals surface area (Å²) < 4.78 is 32.7. The van der Waals surface area contributed by atoms with Gasteiger partial charge in [-0.25, -0.2) is 0 Å². The van der Waals surface area contributed by atoms with E-state index in [4.69, 9.17) is 0 Å². The summed E-state index contributed by atoms with van der Waals surface area (Å²) in [5.74, 6) is 0. The lowest BCUT2D eigenvalue weighted by molar-refractivity contribution is 1.18. The second kappa shape index (κ2) is 9.86. The molecule has 0 aliphatic rings. The second-order valence-electron chi connectivity index (χ2n) is 11.1. The fourth-order valence-corrected chi connectivity index (χ4v) is 6.69. The van der Waals surface area contributed by atoms with Crippen LogP contribution in [0.25, 0.3) is 77.2 Å². The molecule has 0 fully saturated rings. The largest absolute Gasteiger partial charge is 0.309 e. The summed E-state index contributed by atoms with van der Waals surface area (Å²) in [5.41, 5.74) is 9.09. The monoisotopic (exact) mass is 563 g/mol. The predicted molar refractivity (Wildman–Crippen MR) is 186 cm³/mol. The zero-order valence-corrected chi connectivity index (χ0v) is 23.8. The Bertz CT molecular complexity index is 2640. The Morgan fingerprint density at radius 3 is 1.75 bits per heavy atom. The average molecular weight is 564 g/mol. The topological polar surface area (TPSA) is 9.86 Å². The first-order valence-corrected chi connectivity index (χ1v) is 14.9. The van der Waals surface area contributed by atoms with E-state index >= 15 is 0 Å². The molecule has 0 radical (unpaired) electrons. The molecule has 9 aromatic rings. The van der Waals surface area contributed by atoms with Crippen LogP contribution >= 0.6 is 0 Å². The van der Waals surface area contributed by atoms with Gasteiger partial charge in [-0.15, -0.1) is 0 Å². The first-order valence-electron chi connectivity index (χ1n) is 16.4. The van der Waals surface area contributed by atoms with Gasteiger partial charge in [0.2, 0.25) is 0 Å². The summed E-state index contributed by atoms with van der Waals surface area (Å²) in [7, 11) is 0. The van der Waals surface area contributed by atoms with Crippen molar-refractivity contribution < 1.29 is 4.11 Å². The molecule has 44 heavy (non-hydrogen) atoms. The van der Waals surface area contributed by atoms with Crippen LogP contribution in [0.2, 0.25) is 0 Å². The van der Waals surface area contributed by atoms with Crippen LogP contribution in [-0.4, -0.2) is 9.13 Å². The number of nitrogens with zero attached hydrogens (tertiary/aromatic N) is 2. The molecule has 0 aliphatic carbocycles. The minimum atomic E-state index is 0.0527. The first kappa shape index (κ1) is 21.8. The van der Waals surface area contributed by atoms with Gasteiger partial charge < -0.3 is 9.13 Å². The maximum atomic E-state index is 9.64. The molecule has 0 saturated heterocycles. The van der Waals surface area contributed by atoms with Crippen LogP contribution in [-0.2, 0) is 0 Å². The van der Waals surface area contributed by atoms with Crippen molar-refractivity contribution in [1.82, 2.24) is 9.13 Å². The fourth-order valence-electron chi connectivity index (χ4n) is 6.69. The third-order valence-corrected chi connectivity index (χ3v) is 8.62. The van der Waals surface area contributed by atoms with Crippen molar-refractivity contribution in [2.24, 2.45) is 0 Å². The molecule has 0 amide bonds.